The first-order valence-electron chi connectivity index (χ1n) is 6.16. The van der Waals surface area contributed by atoms with Crippen LogP contribution in [-0.4, -0.2) is 41.1 Å². The quantitative estimate of drug-likeness (QED) is 0.316. The molecule has 0 spiro atoms. The number of hydrogen-bond acceptors (Lipinski definition) is 8. The first kappa shape index (κ1) is 15.6. The lowest BCUT2D eigenvalue weighted by atomic mass is 10.3. The Labute approximate surface area is 115 Å². The van der Waals surface area contributed by atoms with Gasteiger partial charge in [0.15, 0.2) is 0 Å². The molecule has 0 saturated carbocycles. The van der Waals surface area contributed by atoms with Crippen molar-refractivity contribution in [3.8, 4) is 0 Å². The van der Waals surface area contributed by atoms with Crippen LogP contribution in [0.2, 0.25) is 0 Å². The van der Waals surface area contributed by atoms with Crippen LogP contribution in [0.5, 0.6) is 0 Å². The standard InChI is InChI=1S/C11H17N5O4/c1-3-20-8(17)5-4-6-13-11-9(16(18)19)10(12-2)14-7-15-11/h7H,3-6H2,1-2H3,(H2,12,13,14,15). The number of nitrogens with zero attached hydrogens (tertiary/aromatic N) is 3. The summed E-state index contributed by atoms with van der Waals surface area (Å²) in [6, 6.07) is 0. The highest BCUT2D eigenvalue weighted by molar-refractivity contribution is 5.70. The first-order chi connectivity index (χ1) is 9.60. The maximum Gasteiger partial charge on any atom is 0.353 e. The molecule has 0 aliphatic heterocycles. The molecule has 0 radical (unpaired) electrons. The molecule has 0 amide bonds. The highest BCUT2D eigenvalue weighted by atomic mass is 16.6. The molecule has 0 aliphatic carbocycles. The van der Waals surface area contributed by atoms with Gasteiger partial charge in [-0.15, -0.1) is 0 Å². The summed E-state index contributed by atoms with van der Waals surface area (Å²) >= 11 is 0. The van der Waals surface area contributed by atoms with Crippen LogP contribution in [0, 0.1) is 10.1 Å². The predicted molar refractivity (Wildman–Crippen MR) is 72.6 cm³/mol. The molecule has 0 bridgehead atoms. The molecule has 0 aliphatic rings. The third-order valence-electron chi connectivity index (χ3n) is 2.40. The molecule has 110 valence electrons. The number of carbonyl (C=O) groups excluding carboxylic acids is 1. The summed E-state index contributed by atoms with van der Waals surface area (Å²) in [6.45, 7) is 2.45. The zero-order valence-electron chi connectivity index (χ0n) is 11.4. The number of anilines is 2. The summed E-state index contributed by atoms with van der Waals surface area (Å²) in [5.74, 6) is -0.0292. The van der Waals surface area contributed by atoms with Crippen LogP contribution in [-0.2, 0) is 9.53 Å². The highest BCUT2D eigenvalue weighted by Crippen LogP contribution is 2.28. The van der Waals surface area contributed by atoms with E-state index in [1.807, 2.05) is 0 Å². The minimum Gasteiger partial charge on any atom is -0.466 e. The Kier molecular flexibility index (Phi) is 6.14. The van der Waals surface area contributed by atoms with Crippen molar-refractivity contribution in [2.45, 2.75) is 19.8 Å². The second kappa shape index (κ2) is 7.87. The van der Waals surface area contributed by atoms with Crippen molar-refractivity contribution in [2.24, 2.45) is 0 Å². The fraction of sp³-hybridized carbons (Fsp3) is 0.545. The molecule has 9 heteroatoms. The van der Waals surface area contributed by atoms with Crippen molar-refractivity contribution in [1.82, 2.24) is 9.97 Å². The van der Waals surface area contributed by atoms with Gasteiger partial charge in [0.2, 0.25) is 11.6 Å². The second-order valence-corrected chi connectivity index (χ2v) is 3.76. The molecule has 0 fully saturated rings. The van der Waals surface area contributed by atoms with Gasteiger partial charge >= 0.3 is 11.7 Å². The van der Waals surface area contributed by atoms with Crippen molar-refractivity contribution in [3.63, 3.8) is 0 Å². The van der Waals surface area contributed by atoms with E-state index in [9.17, 15) is 14.9 Å². The Morgan fingerprint density at radius 1 is 1.45 bits per heavy atom. The lowest BCUT2D eigenvalue weighted by molar-refractivity contribution is -0.383. The van der Waals surface area contributed by atoms with Crippen LogP contribution >= 0.6 is 0 Å². The highest BCUT2D eigenvalue weighted by Gasteiger charge is 2.21. The lowest BCUT2D eigenvalue weighted by Gasteiger charge is -2.07. The van der Waals surface area contributed by atoms with Gasteiger partial charge in [0.05, 0.1) is 11.5 Å². The molecule has 0 unspecified atom stereocenters. The zero-order valence-corrected chi connectivity index (χ0v) is 11.4. The molecular weight excluding hydrogens is 266 g/mol. The van der Waals surface area contributed by atoms with E-state index in [-0.39, 0.29) is 29.7 Å². The summed E-state index contributed by atoms with van der Waals surface area (Å²) in [5, 5.41) is 16.5. The van der Waals surface area contributed by atoms with E-state index in [1.54, 1.807) is 14.0 Å². The number of nitrogens with one attached hydrogen (secondary N) is 2. The average molecular weight is 283 g/mol. The van der Waals surface area contributed by atoms with E-state index in [0.717, 1.165) is 0 Å². The number of ether oxygens (including phenoxy) is 1. The molecule has 2 N–H and O–H groups in total. The molecule has 1 aromatic heterocycles. The van der Waals surface area contributed by atoms with Crippen molar-refractivity contribution < 1.29 is 14.5 Å². The summed E-state index contributed by atoms with van der Waals surface area (Å²) in [4.78, 5) is 29.2. The van der Waals surface area contributed by atoms with Gasteiger partial charge in [-0.05, 0) is 13.3 Å². The summed E-state index contributed by atoms with van der Waals surface area (Å²) in [6.07, 6.45) is 1.97. The van der Waals surface area contributed by atoms with Gasteiger partial charge in [0, 0.05) is 20.0 Å². The number of esters is 1. The predicted octanol–water partition coefficient (Wildman–Crippen LogP) is 1.18. The minimum absolute atomic E-state index is 0.123. The molecule has 20 heavy (non-hydrogen) atoms. The number of nitro groups is 1. The smallest absolute Gasteiger partial charge is 0.353 e. The SMILES string of the molecule is CCOC(=O)CCCNc1ncnc(NC)c1[N+](=O)[O-]. The Bertz CT molecular complexity index is 480. The molecule has 0 saturated heterocycles. The summed E-state index contributed by atoms with van der Waals surface area (Å²) in [7, 11) is 1.54. The van der Waals surface area contributed by atoms with Crippen LogP contribution in [0.4, 0.5) is 17.3 Å². The first-order valence-corrected chi connectivity index (χ1v) is 6.16. The maximum atomic E-state index is 11.1. The fourth-order valence-corrected chi connectivity index (χ4v) is 1.54. The number of aromatic nitrogens is 2. The molecule has 0 atom stereocenters. The summed E-state index contributed by atoms with van der Waals surface area (Å²) in [5.41, 5.74) is -0.217. The van der Waals surface area contributed by atoms with Crippen LogP contribution in [0.1, 0.15) is 19.8 Å². The van der Waals surface area contributed by atoms with E-state index in [2.05, 4.69) is 20.6 Å². The monoisotopic (exact) mass is 283 g/mol. The van der Waals surface area contributed by atoms with Gasteiger partial charge in [0.25, 0.3) is 0 Å². The van der Waals surface area contributed by atoms with Crippen LogP contribution in [0.3, 0.4) is 0 Å². The molecular formula is C11H17N5O4. The second-order valence-electron chi connectivity index (χ2n) is 3.76. The van der Waals surface area contributed by atoms with E-state index >= 15 is 0 Å². The average Bonchev–Trinajstić information content (AvgIpc) is 2.43. The number of hydrogen-bond donors (Lipinski definition) is 2. The van der Waals surface area contributed by atoms with E-state index in [1.165, 1.54) is 6.33 Å². The Morgan fingerprint density at radius 3 is 2.75 bits per heavy atom. The van der Waals surface area contributed by atoms with Crippen molar-refractivity contribution in [1.29, 1.82) is 0 Å². The van der Waals surface area contributed by atoms with Gasteiger partial charge in [-0.25, -0.2) is 9.97 Å². The fourth-order valence-electron chi connectivity index (χ4n) is 1.54. The largest absolute Gasteiger partial charge is 0.466 e. The Hall–Kier alpha value is -2.45. The molecule has 9 nitrogen and oxygen atoms in total. The molecule has 0 aromatic carbocycles. The van der Waals surface area contributed by atoms with E-state index < -0.39 is 4.92 Å². The van der Waals surface area contributed by atoms with Gasteiger partial charge in [0.1, 0.15) is 6.33 Å². The van der Waals surface area contributed by atoms with Gasteiger partial charge in [-0.1, -0.05) is 0 Å². The molecule has 1 heterocycles. The lowest BCUT2D eigenvalue weighted by Crippen LogP contribution is -2.11. The normalized spacial score (nSPS) is 9.90. The summed E-state index contributed by atoms with van der Waals surface area (Å²) < 4.78 is 4.78. The Balaban J connectivity index is 2.60. The van der Waals surface area contributed by atoms with Crippen molar-refractivity contribution >= 4 is 23.3 Å². The third-order valence-corrected chi connectivity index (χ3v) is 2.40. The third kappa shape index (κ3) is 4.34. The van der Waals surface area contributed by atoms with E-state index in [0.29, 0.717) is 19.6 Å². The molecule has 1 aromatic rings. The van der Waals surface area contributed by atoms with Gasteiger partial charge < -0.3 is 15.4 Å². The van der Waals surface area contributed by atoms with Crippen molar-refractivity contribution in [3.05, 3.63) is 16.4 Å². The van der Waals surface area contributed by atoms with Crippen LogP contribution in [0.25, 0.3) is 0 Å². The number of rotatable bonds is 8. The van der Waals surface area contributed by atoms with Crippen molar-refractivity contribution in [2.75, 3.05) is 30.8 Å². The van der Waals surface area contributed by atoms with E-state index in [4.69, 9.17) is 4.74 Å². The van der Waals surface area contributed by atoms with Crippen LogP contribution < -0.4 is 10.6 Å². The molecule has 1 rings (SSSR count). The Morgan fingerprint density at radius 2 is 2.15 bits per heavy atom. The van der Waals surface area contributed by atoms with Gasteiger partial charge in [-0.2, -0.15) is 0 Å². The minimum atomic E-state index is -0.556. The topological polar surface area (TPSA) is 119 Å². The van der Waals surface area contributed by atoms with Crippen LogP contribution in [0.15, 0.2) is 6.33 Å². The van der Waals surface area contributed by atoms with Gasteiger partial charge in [-0.3, -0.25) is 14.9 Å². The number of carbonyl (C=O) groups is 1. The maximum absolute atomic E-state index is 11.1. The zero-order chi connectivity index (χ0) is 15.0.